The fourth-order valence-corrected chi connectivity index (χ4v) is 4.19. The Morgan fingerprint density at radius 2 is 1.91 bits per heavy atom. The Kier molecular flexibility index (Phi) is 4.12. The summed E-state index contributed by atoms with van der Waals surface area (Å²) in [4.78, 5) is 11.8. The second-order valence-corrected chi connectivity index (χ2v) is 7.64. The van der Waals surface area contributed by atoms with Gasteiger partial charge in [-0.05, 0) is 18.6 Å². The molecule has 1 aromatic heterocycles. The van der Waals surface area contributed by atoms with Gasteiger partial charge in [0, 0.05) is 30.2 Å². The van der Waals surface area contributed by atoms with Crippen molar-refractivity contribution in [2.24, 2.45) is 0 Å². The quantitative estimate of drug-likeness (QED) is 0.849. The lowest BCUT2D eigenvalue weighted by Crippen LogP contribution is -2.31. The third kappa shape index (κ3) is 2.97. The van der Waals surface area contributed by atoms with E-state index in [1.165, 1.54) is 15.1 Å². The maximum Gasteiger partial charge on any atom is 0.419 e. The minimum atomic E-state index is -3.17. The second kappa shape index (κ2) is 5.91. The first-order chi connectivity index (χ1) is 10.5. The fourth-order valence-electron chi connectivity index (χ4n) is 2.54. The van der Waals surface area contributed by atoms with Crippen molar-refractivity contribution in [1.29, 1.82) is 0 Å². The number of aromatic nitrogens is 1. The van der Waals surface area contributed by atoms with Gasteiger partial charge in [0.15, 0.2) is 0 Å². The van der Waals surface area contributed by atoms with Gasteiger partial charge in [0.05, 0.1) is 11.4 Å². The van der Waals surface area contributed by atoms with Gasteiger partial charge in [-0.3, -0.25) is 4.57 Å². The van der Waals surface area contributed by atoms with E-state index in [-0.39, 0.29) is 18.8 Å². The first kappa shape index (κ1) is 15.3. The lowest BCUT2D eigenvalue weighted by atomic mass is 10.2. The SMILES string of the molecule is O=c1occ(-c2ccc(Cl)cc2)n1CCN1CCCS1(=O)=O. The van der Waals surface area contributed by atoms with Gasteiger partial charge >= 0.3 is 5.76 Å². The molecule has 0 atom stereocenters. The van der Waals surface area contributed by atoms with Crippen molar-refractivity contribution in [3.05, 3.63) is 46.1 Å². The van der Waals surface area contributed by atoms with Crippen molar-refractivity contribution in [2.75, 3.05) is 18.8 Å². The summed E-state index contributed by atoms with van der Waals surface area (Å²) in [6.45, 7) is 1.03. The lowest BCUT2D eigenvalue weighted by molar-refractivity contribution is 0.403. The molecule has 2 heterocycles. The van der Waals surface area contributed by atoms with E-state index in [2.05, 4.69) is 0 Å². The molecule has 0 bridgehead atoms. The van der Waals surface area contributed by atoms with E-state index in [0.29, 0.717) is 23.7 Å². The molecule has 0 radical (unpaired) electrons. The normalized spacial score (nSPS) is 17.9. The molecule has 1 aliphatic heterocycles. The summed E-state index contributed by atoms with van der Waals surface area (Å²) < 4.78 is 31.4. The molecule has 118 valence electrons. The van der Waals surface area contributed by atoms with Crippen LogP contribution >= 0.6 is 11.6 Å². The zero-order valence-corrected chi connectivity index (χ0v) is 13.3. The van der Waals surface area contributed by atoms with Crippen LogP contribution in [0.1, 0.15) is 6.42 Å². The number of nitrogens with zero attached hydrogens (tertiary/aromatic N) is 2. The Labute approximate surface area is 133 Å². The highest BCUT2D eigenvalue weighted by molar-refractivity contribution is 7.89. The fraction of sp³-hybridized carbons (Fsp3) is 0.357. The standard InChI is InChI=1S/C14H15ClN2O4S/c15-12-4-2-11(3-5-12)13-10-21-14(18)17(13)8-7-16-6-1-9-22(16,19)20/h2-5,10H,1,6-9H2. The zero-order valence-electron chi connectivity index (χ0n) is 11.7. The molecule has 22 heavy (non-hydrogen) atoms. The van der Waals surface area contributed by atoms with Gasteiger partial charge in [-0.1, -0.05) is 23.7 Å². The number of hydrogen-bond donors (Lipinski definition) is 0. The van der Waals surface area contributed by atoms with Crippen LogP contribution in [0, 0.1) is 0 Å². The first-order valence-corrected chi connectivity index (χ1v) is 8.88. The molecular weight excluding hydrogens is 328 g/mol. The molecular formula is C14H15ClN2O4S. The predicted octanol–water partition coefficient (Wildman–Crippen LogP) is 1.80. The van der Waals surface area contributed by atoms with Crippen molar-refractivity contribution in [2.45, 2.75) is 13.0 Å². The monoisotopic (exact) mass is 342 g/mol. The summed E-state index contributed by atoms with van der Waals surface area (Å²) in [5.74, 6) is -0.321. The molecule has 0 saturated carbocycles. The van der Waals surface area contributed by atoms with E-state index in [1.807, 2.05) is 0 Å². The minimum absolute atomic E-state index is 0.178. The Balaban J connectivity index is 1.84. The first-order valence-electron chi connectivity index (χ1n) is 6.89. The van der Waals surface area contributed by atoms with E-state index in [1.54, 1.807) is 24.3 Å². The average Bonchev–Trinajstić information content (AvgIpc) is 3.00. The minimum Gasteiger partial charge on any atom is -0.416 e. The number of benzene rings is 1. The van der Waals surface area contributed by atoms with E-state index in [9.17, 15) is 13.2 Å². The molecule has 6 nitrogen and oxygen atoms in total. The molecule has 0 amide bonds. The van der Waals surface area contributed by atoms with Crippen LogP contribution in [0.5, 0.6) is 0 Å². The van der Waals surface area contributed by atoms with E-state index in [0.717, 1.165) is 5.56 Å². The molecule has 1 aromatic carbocycles. The largest absolute Gasteiger partial charge is 0.419 e. The van der Waals surface area contributed by atoms with Gasteiger partial charge in [0.1, 0.15) is 6.26 Å². The Morgan fingerprint density at radius 3 is 2.55 bits per heavy atom. The number of sulfonamides is 1. The van der Waals surface area contributed by atoms with Crippen LogP contribution in [0.15, 0.2) is 39.7 Å². The van der Waals surface area contributed by atoms with Crippen LogP contribution in [-0.2, 0) is 16.6 Å². The zero-order chi connectivity index (χ0) is 15.7. The Morgan fingerprint density at radius 1 is 1.18 bits per heavy atom. The molecule has 1 saturated heterocycles. The predicted molar refractivity (Wildman–Crippen MR) is 83.4 cm³/mol. The molecule has 2 aromatic rings. The highest BCUT2D eigenvalue weighted by Crippen LogP contribution is 2.21. The summed E-state index contributed by atoms with van der Waals surface area (Å²) in [6.07, 6.45) is 2.01. The number of halogens is 1. The molecule has 0 N–H and O–H groups in total. The maximum atomic E-state index is 11.8. The van der Waals surface area contributed by atoms with Gasteiger partial charge < -0.3 is 4.42 Å². The average molecular weight is 343 g/mol. The molecule has 1 aliphatic rings. The summed E-state index contributed by atoms with van der Waals surface area (Å²) >= 11 is 5.86. The lowest BCUT2D eigenvalue weighted by Gasteiger charge is -2.14. The summed E-state index contributed by atoms with van der Waals surface area (Å²) in [7, 11) is -3.17. The van der Waals surface area contributed by atoms with E-state index >= 15 is 0 Å². The molecule has 0 unspecified atom stereocenters. The second-order valence-electron chi connectivity index (χ2n) is 5.11. The topological polar surface area (TPSA) is 72.5 Å². The molecule has 1 fully saturated rings. The number of rotatable bonds is 4. The highest BCUT2D eigenvalue weighted by atomic mass is 35.5. The Hall–Kier alpha value is -1.57. The highest BCUT2D eigenvalue weighted by Gasteiger charge is 2.28. The van der Waals surface area contributed by atoms with Crippen LogP contribution in [0.2, 0.25) is 5.02 Å². The third-order valence-electron chi connectivity index (χ3n) is 3.70. The van der Waals surface area contributed by atoms with Gasteiger partial charge in [-0.15, -0.1) is 0 Å². The van der Waals surface area contributed by atoms with E-state index < -0.39 is 15.8 Å². The number of hydrogen-bond acceptors (Lipinski definition) is 4. The Bertz CT molecular complexity index is 823. The number of oxazole rings is 1. The molecule has 0 aliphatic carbocycles. The smallest absolute Gasteiger partial charge is 0.416 e. The van der Waals surface area contributed by atoms with Crippen molar-refractivity contribution in [3.8, 4) is 11.3 Å². The van der Waals surface area contributed by atoms with Gasteiger partial charge in [-0.2, -0.15) is 0 Å². The summed E-state index contributed by atoms with van der Waals surface area (Å²) in [6, 6.07) is 7.03. The molecule has 3 rings (SSSR count). The molecule has 8 heteroatoms. The van der Waals surface area contributed by atoms with Gasteiger partial charge in [0.2, 0.25) is 10.0 Å². The van der Waals surface area contributed by atoms with Crippen molar-refractivity contribution >= 4 is 21.6 Å². The maximum absolute atomic E-state index is 11.8. The van der Waals surface area contributed by atoms with Crippen LogP contribution in [0.4, 0.5) is 0 Å². The molecule has 0 spiro atoms. The van der Waals surface area contributed by atoms with Crippen LogP contribution in [-0.4, -0.2) is 36.1 Å². The van der Waals surface area contributed by atoms with Crippen LogP contribution < -0.4 is 5.76 Å². The van der Waals surface area contributed by atoms with Crippen molar-refractivity contribution < 1.29 is 12.8 Å². The summed E-state index contributed by atoms with van der Waals surface area (Å²) in [5.41, 5.74) is 1.40. The third-order valence-corrected chi connectivity index (χ3v) is 5.91. The van der Waals surface area contributed by atoms with Crippen LogP contribution in [0.25, 0.3) is 11.3 Å². The van der Waals surface area contributed by atoms with Gasteiger partial charge in [-0.25, -0.2) is 17.5 Å². The summed E-state index contributed by atoms with van der Waals surface area (Å²) in [5, 5.41) is 0.601. The van der Waals surface area contributed by atoms with Crippen molar-refractivity contribution in [3.63, 3.8) is 0 Å². The van der Waals surface area contributed by atoms with Crippen molar-refractivity contribution in [1.82, 2.24) is 8.87 Å². The van der Waals surface area contributed by atoms with Gasteiger partial charge in [0.25, 0.3) is 0 Å². The van der Waals surface area contributed by atoms with Crippen LogP contribution in [0.3, 0.4) is 0 Å². The van der Waals surface area contributed by atoms with E-state index in [4.69, 9.17) is 16.0 Å².